The maximum atomic E-state index is 15.3. The third-order valence-corrected chi connectivity index (χ3v) is 6.79. The number of imidazole rings is 1. The van der Waals surface area contributed by atoms with E-state index in [4.69, 9.17) is 4.98 Å². The fraction of sp³-hybridized carbons (Fsp3) is 0.0645. The predicted molar refractivity (Wildman–Crippen MR) is 152 cm³/mol. The zero-order valence-corrected chi connectivity index (χ0v) is 21.3. The Morgan fingerprint density at radius 1 is 0.775 bits per heavy atom. The van der Waals surface area contributed by atoms with Gasteiger partial charge in [-0.2, -0.15) is 5.10 Å². The Morgan fingerprint density at radius 3 is 2.52 bits per heavy atom. The van der Waals surface area contributed by atoms with Crippen LogP contribution in [-0.2, 0) is 13.1 Å². The molecule has 2 aromatic carbocycles. The number of nitrogens with zero attached hydrogens (tertiary/aromatic N) is 5. The number of aromatic nitrogens is 7. The van der Waals surface area contributed by atoms with Crippen LogP contribution >= 0.6 is 0 Å². The lowest BCUT2D eigenvalue weighted by molar-refractivity contribution is 0.636. The molecule has 7 aromatic rings. The van der Waals surface area contributed by atoms with Crippen LogP contribution in [-0.4, -0.2) is 35.1 Å². The molecule has 0 saturated heterocycles. The molecule has 7 rings (SSSR count). The molecule has 0 saturated carbocycles. The first-order chi connectivity index (χ1) is 19.7. The highest BCUT2D eigenvalue weighted by Gasteiger charge is 2.18. The van der Waals surface area contributed by atoms with E-state index in [0.29, 0.717) is 40.2 Å². The van der Waals surface area contributed by atoms with E-state index < -0.39 is 5.82 Å². The number of hydrogen-bond donors (Lipinski definition) is 3. The SMILES string of the molecule is Fc1cc(-c2cncc(CNCc3ccccc3)c2)cc2c(-c3nc4c(-c5ccccn5)nccc4[nH]3)[nH]nc12. The number of hydrogen-bond acceptors (Lipinski definition) is 6. The van der Waals surface area contributed by atoms with E-state index >= 15 is 4.39 Å². The summed E-state index contributed by atoms with van der Waals surface area (Å²) in [5.74, 6) is 0.116. The number of fused-ring (bicyclic) bond motifs is 2. The van der Waals surface area contributed by atoms with Gasteiger partial charge in [0.1, 0.15) is 22.4 Å². The van der Waals surface area contributed by atoms with Crippen LogP contribution in [0.2, 0.25) is 0 Å². The van der Waals surface area contributed by atoms with Gasteiger partial charge in [-0.25, -0.2) is 9.37 Å². The quantitative estimate of drug-likeness (QED) is 0.233. The van der Waals surface area contributed by atoms with Crippen molar-refractivity contribution in [2.24, 2.45) is 0 Å². The third-order valence-electron chi connectivity index (χ3n) is 6.79. The second kappa shape index (κ2) is 10.1. The Kier molecular flexibility index (Phi) is 6.02. The fourth-order valence-corrected chi connectivity index (χ4v) is 4.86. The van der Waals surface area contributed by atoms with Crippen LogP contribution in [0, 0.1) is 5.82 Å². The highest BCUT2D eigenvalue weighted by Crippen LogP contribution is 2.33. The Hall–Kier alpha value is -5.28. The van der Waals surface area contributed by atoms with Crippen molar-refractivity contribution in [3.05, 3.63) is 115 Å². The summed E-state index contributed by atoms with van der Waals surface area (Å²) >= 11 is 0. The van der Waals surface area contributed by atoms with Gasteiger partial charge in [-0.05, 0) is 53.1 Å². The molecule has 0 spiro atoms. The molecule has 0 amide bonds. The molecule has 3 N–H and O–H groups in total. The average molecular weight is 527 g/mol. The molecule has 0 bridgehead atoms. The summed E-state index contributed by atoms with van der Waals surface area (Å²) in [7, 11) is 0. The molecule has 0 aliphatic carbocycles. The average Bonchev–Trinajstić information content (AvgIpc) is 3.63. The maximum Gasteiger partial charge on any atom is 0.157 e. The zero-order chi connectivity index (χ0) is 26.9. The van der Waals surface area contributed by atoms with Gasteiger partial charge < -0.3 is 10.3 Å². The van der Waals surface area contributed by atoms with Crippen molar-refractivity contribution in [3.63, 3.8) is 0 Å². The largest absolute Gasteiger partial charge is 0.337 e. The van der Waals surface area contributed by atoms with Gasteiger partial charge in [0.25, 0.3) is 0 Å². The minimum atomic E-state index is -0.422. The molecule has 9 heteroatoms. The van der Waals surface area contributed by atoms with Crippen molar-refractivity contribution in [1.29, 1.82) is 0 Å². The van der Waals surface area contributed by atoms with Gasteiger partial charge in [0.2, 0.25) is 0 Å². The monoisotopic (exact) mass is 526 g/mol. The normalized spacial score (nSPS) is 11.4. The summed E-state index contributed by atoms with van der Waals surface area (Å²) in [5, 5.41) is 11.3. The minimum Gasteiger partial charge on any atom is -0.337 e. The molecule has 5 aromatic heterocycles. The van der Waals surface area contributed by atoms with Crippen molar-refractivity contribution in [2.75, 3.05) is 0 Å². The smallest absolute Gasteiger partial charge is 0.157 e. The Labute approximate surface area is 228 Å². The maximum absolute atomic E-state index is 15.3. The van der Waals surface area contributed by atoms with Crippen LogP contribution < -0.4 is 5.32 Å². The Morgan fingerprint density at radius 2 is 1.65 bits per heavy atom. The predicted octanol–water partition coefficient (Wildman–Crippen LogP) is 6.05. The molecule has 0 fully saturated rings. The second-order valence-electron chi connectivity index (χ2n) is 9.48. The van der Waals surface area contributed by atoms with Crippen LogP contribution in [0.15, 0.2) is 97.6 Å². The summed E-state index contributed by atoms with van der Waals surface area (Å²) in [6, 6.07) is 23.2. The Balaban J connectivity index is 1.23. The van der Waals surface area contributed by atoms with Crippen molar-refractivity contribution >= 4 is 21.9 Å². The van der Waals surface area contributed by atoms with Gasteiger partial charge in [-0.15, -0.1) is 0 Å². The van der Waals surface area contributed by atoms with E-state index in [-0.39, 0.29) is 5.52 Å². The second-order valence-corrected chi connectivity index (χ2v) is 9.48. The molecule has 5 heterocycles. The van der Waals surface area contributed by atoms with Crippen molar-refractivity contribution in [2.45, 2.75) is 13.1 Å². The zero-order valence-electron chi connectivity index (χ0n) is 21.3. The third kappa shape index (κ3) is 4.48. The molecule has 40 heavy (non-hydrogen) atoms. The number of pyridine rings is 3. The van der Waals surface area contributed by atoms with Gasteiger partial charge in [-0.3, -0.25) is 20.1 Å². The molecule has 0 aliphatic rings. The summed E-state index contributed by atoms with van der Waals surface area (Å²) in [4.78, 5) is 21.5. The van der Waals surface area contributed by atoms with Crippen LogP contribution in [0.3, 0.4) is 0 Å². The highest BCUT2D eigenvalue weighted by molar-refractivity contribution is 5.97. The molecule has 0 radical (unpaired) electrons. The standard InChI is InChI=1S/C31H23FN8/c32-24-14-21(22-12-20(17-34-18-22)16-33-15-19-6-2-1-3-7-19)13-23-27(24)39-40-28(23)31-37-26-9-11-36-29(30(26)38-31)25-8-4-5-10-35-25/h1-14,17-18,33H,15-16H2,(H,37,38)(H,39,40). The van der Waals surface area contributed by atoms with E-state index in [1.165, 1.54) is 11.6 Å². The Bertz CT molecular complexity index is 1950. The number of nitrogens with one attached hydrogen (secondary N) is 3. The highest BCUT2D eigenvalue weighted by atomic mass is 19.1. The first-order valence-corrected chi connectivity index (χ1v) is 12.9. The van der Waals surface area contributed by atoms with Gasteiger partial charge in [0, 0.05) is 48.8 Å². The van der Waals surface area contributed by atoms with Gasteiger partial charge in [0.05, 0.1) is 11.2 Å². The lowest BCUT2D eigenvalue weighted by atomic mass is 10.0. The first kappa shape index (κ1) is 23.8. The number of halogens is 1. The van der Waals surface area contributed by atoms with Crippen molar-refractivity contribution in [1.82, 2.24) is 40.4 Å². The molecular formula is C31H23FN8. The lowest BCUT2D eigenvalue weighted by Gasteiger charge is -2.08. The van der Waals surface area contributed by atoms with Crippen LogP contribution in [0.4, 0.5) is 4.39 Å². The minimum absolute atomic E-state index is 0.246. The first-order valence-electron chi connectivity index (χ1n) is 12.9. The molecule has 194 valence electrons. The number of rotatable bonds is 7. The summed E-state index contributed by atoms with van der Waals surface area (Å²) in [6.45, 7) is 1.39. The van der Waals surface area contributed by atoms with Crippen LogP contribution in [0.25, 0.3) is 56.0 Å². The summed E-state index contributed by atoms with van der Waals surface area (Å²) in [5.41, 5.74) is 7.44. The number of aromatic amines is 2. The van der Waals surface area contributed by atoms with Gasteiger partial charge >= 0.3 is 0 Å². The molecular weight excluding hydrogens is 503 g/mol. The summed E-state index contributed by atoms with van der Waals surface area (Å²) in [6.07, 6.45) is 7.00. The van der Waals surface area contributed by atoms with E-state index in [9.17, 15) is 0 Å². The summed E-state index contributed by atoms with van der Waals surface area (Å²) < 4.78 is 15.3. The van der Waals surface area contributed by atoms with E-state index in [0.717, 1.165) is 28.9 Å². The van der Waals surface area contributed by atoms with Crippen LogP contribution in [0.5, 0.6) is 0 Å². The molecule has 0 atom stereocenters. The van der Waals surface area contributed by atoms with E-state index in [2.05, 4.69) is 47.6 Å². The molecule has 8 nitrogen and oxygen atoms in total. The van der Waals surface area contributed by atoms with E-state index in [1.807, 2.05) is 60.8 Å². The van der Waals surface area contributed by atoms with E-state index in [1.54, 1.807) is 18.6 Å². The number of benzene rings is 2. The number of H-pyrrole nitrogens is 2. The fourth-order valence-electron chi connectivity index (χ4n) is 4.86. The molecule has 0 unspecified atom stereocenters. The van der Waals surface area contributed by atoms with Crippen molar-refractivity contribution < 1.29 is 4.39 Å². The van der Waals surface area contributed by atoms with Gasteiger partial charge in [0.15, 0.2) is 11.6 Å². The lowest BCUT2D eigenvalue weighted by Crippen LogP contribution is -2.12. The van der Waals surface area contributed by atoms with Crippen LogP contribution in [0.1, 0.15) is 11.1 Å². The van der Waals surface area contributed by atoms with Gasteiger partial charge in [-0.1, -0.05) is 36.4 Å². The van der Waals surface area contributed by atoms with Crippen molar-refractivity contribution in [3.8, 4) is 34.0 Å². The molecule has 0 aliphatic heterocycles. The topological polar surface area (TPSA) is 108 Å².